The Hall–Kier alpha value is -3.81. The highest BCUT2D eigenvalue weighted by Crippen LogP contribution is 2.34. The van der Waals surface area contributed by atoms with Crippen molar-refractivity contribution in [2.24, 2.45) is 5.10 Å². The molecule has 2 heterocycles. The number of phenolic OH excluding ortho intramolecular Hbond substituents is 1. The van der Waals surface area contributed by atoms with Gasteiger partial charge < -0.3 is 14.3 Å². The molecule has 164 valence electrons. The van der Waals surface area contributed by atoms with E-state index in [1.54, 1.807) is 30.3 Å². The lowest BCUT2D eigenvalue weighted by atomic mass is 10.1. The second-order valence-electron chi connectivity index (χ2n) is 7.11. The molecule has 0 aliphatic carbocycles. The lowest BCUT2D eigenvalue weighted by Crippen LogP contribution is -2.08. The van der Waals surface area contributed by atoms with Crippen molar-refractivity contribution in [2.45, 2.75) is 0 Å². The third-order valence-electron chi connectivity index (χ3n) is 5.05. The van der Waals surface area contributed by atoms with Crippen LogP contribution in [0.25, 0.3) is 33.2 Å². The van der Waals surface area contributed by atoms with Crippen LogP contribution in [0.4, 0.5) is 5.82 Å². The van der Waals surface area contributed by atoms with Crippen molar-refractivity contribution in [3.05, 3.63) is 82.4 Å². The van der Waals surface area contributed by atoms with Gasteiger partial charge in [-0.05, 0) is 42.5 Å². The SMILES string of the molecule is COc1cc(-c2cc(=NNc3ncnc4ccccc34)c3cc(Cl)cc(Cl)c3o2)ccc1O. The first kappa shape index (κ1) is 21.1. The van der Waals surface area contributed by atoms with E-state index in [0.717, 1.165) is 10.9 Å². The van der Waals surface area contributed by atoms with E-state index < -0.39 is 0 Å². The fourth-order valence-electron chi connectivity index (χ4n) is 3.47. The first-order chi connectivity index (χ1) is 16.0. The molecule has 7 nitrogen and oxygen atoms in total. The molecule has 2 N–H and O–H groups in total. The van der Waals surface area contributed by atoms with E-state index >= 15 is 0 Å². The van der Waals surface area contributed by atoms with Gasteiger partial charge in [-0.25, -0.2) is 9.97 Å². The maximum atomic E-state index is 9.95. The van der Waals surface area contributed by atoms with Crippen molar-refractivity contribution in [2.75, 3.05) is 12.5 Å². The molecule has 0 saturated carbocycles. The standard InChI is InChI=1S/C24H16Cl2N4O3/c1-32-22-8-13(6-7-20(22)31)21-11-19(16-9-14(25)10-17(26)23(16)33-21)29-30-24-15-4-2-3-5-18(15)27-12-28-24/h2-12,31H,1H3,(H,27,28,30). The second kappa shape index (κ2) is 8.61. The van der Waals surface area contributed by atoms with Gasteiger partial charge in [-0.3, -0.25) is 5.43 Å². The number of fused-ring (bicyclic) bond motifs is 2. The highest BCUT2D eigenvalue weighted by molar-refractivity contribution is 6.38. The Bertz CT molecular complexity index is 1580. The quantitative estimate of drug-likeness (QED) is 0.308. The van der Waals surface area contributed by atoms with Crippen molar-refractivity contribution >= 4 is 50.9 Å². The van der Waals surface area contributed by atoms with E-state index in [4.69, 9.17) is 32.4 Å². The van der Waals surface area contributed by atoms with Crippen LogP contribution in [0.2, 0.25) is 10.0 Å². The van der Waals surface area contributed by atoms with Gasteiger partial charge in [0.1, 0.15) is 12.1 Å². The van der Waals surface area contributed by atoms with Crippen molar-refractivity contribution < 1.29 is 14.3 Å². The highest BCUT2D eigenvalue weighted by atomic mass is 35.5. The van der Waals surface area contributed by atoms with Gasteiger partial charge in [0, 0.05) is 27.4 Å². The van der Waals surface area contributed by atoms with Crippen molar-refractivity contribution in [1.29, 1.82) is 0 Å². The lowest BCUT2D eigenvalue weighted by Gasteiger charge is -2.09. The zero-order valence-corrected chi connectivity index (χ0v) is 18.7. The Kier molecular flexibility index (Phi) is 5.50. The number of hydrogen-bond donors (Lipinski definition) is 2. The van der Waals surface area contributed by atoms with Gasteiger partial charge in [-0.1, -0.05) is 35.3 Å². The third-order valence-corrected chi connectivity index (χ3v) is 5.55. The number of aromatic nitrogens is 2. The zero-order valence-electron chi connectivity index (χ0n) is 17.2. The monoisotopic (exact) mass is 478 g/mol. The zero-order chi connectivity index (χ0) is 22.9. The number of halogens is 2. The number of anilines is 1. The van der Waals surface area contributed by atoms with E-state index in [0.29, 0.717) is 49.3 Å². The van der Waals surface area contributed by atoms with Gasteiger partial charge in [0.05, 0.1) is 23.0 Å². The van der Waals surface area contributed by atoms with Crippen LogP contribution in [-0.4, -0.2) is 22.2 Å². The Balaban J connectivity index is 1.71. The topological polar surface area (TPSA) is 92.8 Å². The number of phenols is 1. The molecule has 33 heavy (non-hydrogen) atoms. The number of methoxy groups -OCH3 is 1. The molecule has 0 aliphatic rings. The summed E-state index contributed by atoms with van der Waals surface area (Å²) in [6, 6.07) is 17.6. The van der Waals surface area contributed by atoms with Crippen molar-refractivity contribution in [3.8, 4) is 22.8 Å². The largest absolute Gasteiger partial charge is 0.504 e. The molecule has 2 aromatic heterocycles. The first-order valence-corrected chi connectivity index (χ1v) is 10.6. The number of hydrogen-bond acceptors (Lipinski definition) is 7. The van der Waals surface area contributed by atoms with Gasteiger partial charge in [-0.2, -0.15) is 5.10 Å². The molecule has 0 radical (unpaired) electrons. The average molecular weight is 479 g/mol. The Morgan fingerprint density at radius 3 is 2.70 bits per heavy atom. The molecule has 5 aromatic rings. The number of nitrogens with one attached hydrogen (secondary N) is 1. The number of nitrogens with zero attached hydrogens (tertiary/aromatic N) is 3. The van der Waals surface area contributed by atoms with Crippen LogP contribution in [0.15, 0.2) is 76.5 Å². The van der Waals surface area contributed by atoms with Gasteiger partial charge in [-0.15, -0.1) is 0 Å². The summed E-state index contributed by atoms with van der Waals surface area (Å²) < 4.78 is 11.3. The summed E-state index contributed by atoms with van der Waals surface area (Å²) in [7, 11) is 1.48. The van der Waals surface area contributed by atoms with Gasteiger partial charge >= 0.3 is 0 Å². The summed E-state index contributed by atoms with van der Waals surface area (Å²) >= 11 is 12.7. The van der Waals surface area contributed by atoms with Crippen LogP contribution in [-0.2, 0) is 0 Å². The van der Waals surface area contributed by atoms with E-state index in [-0.39, 0.29) is 5.75 Å². The van der Waals surface area contributed by atoms with Crippen LogP contribution in [0, 0.1) is 0 Å². The summed E-state index contributed by atoms with van der Waals surface area (Å²) in [5, 5.41) is 17.3. The Morgan fingerprint density at radius 2 is 1.85 bits per heavy atom. The summed E-state index contributed by atoms with van der Waals surface area (Å²) in [4.78, 5) is 8.59. The van der Waals surface area contributed by atoms with Crippen molar-refractivity contribution in [1.82, 2.24) is 9.97 Å². The van der Waals surface area contributed by atoms with Gasteiger partial charge in [0.25, 0.3) is 0 Å². The maximum absolute atomic E-state index is 9.95. The van der Waals surface area contributed by atoms with E-state index in [1.165, 1.54) is 19.5 Å². The van der Waals surface area contributed by atoms with Crippen LogP contribution in [0.1, 0.15) is 0 Å². The number of aromatic hydroxyl groups is 1. The molecule has 9 heteroatoms. The first-order valence-electron chi connectivity index (χ1n) is 9.83. The second-order valence-corrected chi connectivity index (χ2v) is 7.95. The summed E-state index contributed by atoms with van der Waals surface area (Å²) in [5.41, 5.74) is 4.90. The molecule has 3 aromatic carbocycles. The molecule has 5 rings (SSSR count). The number of benzene rings is 3. The Labute approximate surface area is 197 Å². The predicted molar refractivity (Wildman–Crippen MR) is 129 cm³/mol. The van der Waals surface area contributed by atoms with E-state index in [9.17, 15) is 5.11 Å². The summed E-state index contributed by atoms with van der Waals surface area (Å²) in [5.74, 6) is 1.36. The molecule has 0 spiro atoms. The molecule has 0 aliphatic heterocycles. The molecule has 0 amide bonds. The predicted octanol–water partition coefficient (Wildman–Crippen LogP) is 5.99. The summed E-state index contributed by atoms with van der Waals surface area (Å²) in [6.07, 6.45) is 1.47. The van der Waals surface area contributed by atoms with Crippen LogP contribution < -0.4 is 15.5 Å². The van der Waals surface area contributed by atoms with E-state index in [1.807, 2.05) is 24.3 Å². The highest BCUT2D eigenvalue weighted by Gasteiger charge is 2.13. The molecular formula is C24H16Cl2N4O3. The number of para-hydroxylation sites is 1. The minimum Gasteiger partial charge on any atom is -0.504 e. The number of ether oxygens (including phenoxy) is 1. The minimum atomic E-state index is 0.0223. The molecule has 0 atom stereocenters. The molecular weight excluding hydrogens is 463 g/mol. The van der Waals surface area contributed by atoms with Crippen LogP contribution in [0.5, 0.6) is 11.5 Å². The lowest BCUT2D eigenvalue weighted by molar-refractivity contribution is 0.373. The number of rotatable bonds is 4. The van der Waals surface area contributed by atoms with Gasteiger partial charge in [0.15, 0.2) is 22.9 Å². The Morgan fingerprint density at radius 1 is 1.00 bits per heavy atom. The third kappa shape index (κ3) is 4.04. The molecule has 0 bridgehead atoms. The fraction of sp³-hybridized carbons (Fsp3) is 0.0417. The molecule has 0 unspecified atom stereocenters. The maximum Gasteiger partial charge on any atom is 0.161 e. The van der Waals surface area contributed by atoms with Crippen LogP contribution >= 0.6 is 23.2 Å². The fourth-order valence-corrected chi connectivity index (χ4v) is 4.00. The summed E-state index contributed by atoms with van der Waals surface area (Å²) in [6.45, 7) is 0. The smallest absolute Gasteiger partial charge is 0.161 e. The molecule has 0 fully saturated rings. The van der Waals surface area contributed by atoms with Crippen LogP contribution in [0.3, 0.4) is 0 Å². The van der Waals surface area contributed by atoms with Gasteiger partial charge in [0.2, 0.25) is 0 Å². The average Bonchev–Trinajstić information content (AvgIpc) is 2.83. The normalized spacial score (nSPS) is 11.8. The van der Waals surface area contributed by atoms with Crippen molar-refractivity contribution in [3.63, 3.8) is 0 Å². The molecule has 0 saturated heterocycles. The minimum absolute atomic E-state index is 0.0223. The van der Waals surface area contributed by atoms with E-state index in [2.05, 4.69) is 20.5 Å².